The van der Waals surface area contributed by atoms with Crippen LogP contribution in [0, 0.1) is 6.92 Å². The number of nitrogens with two attached hydrogens (primary N) is 1. The van der Waals surface area contributed by atoms with Crippen LogP contribution in [0.5, 0.6) is 0 Å². The van der Waals surface area contributed by atoms with E-state index in [1.807, 2.05) is 29.7 Å². The minimum Gasteiger partial charge on any atom is -0.368 e. The van der Waals surface area contributed by atoms with Crippen LogP contribution in [-0.4, -0.2) is 29.3 Å². The number of aryl methyl sites for hydroxylation is 1. The van der Waals surface area contributed by atoms with Gasteiger partial charge < -0.3 is 11.1 Å². The second kappa shape index (κ2) is 5.58. The summed E-state index contributed by atoms with van der Waals surface area (Å²) in [6.45, 7) is 1.94. The van der Waals surface area contributed by atoms with Crippen molar-refractivity contribution >= 4 is 23.0 Å². The maximum absolute atomic E-state index is 5.73. The van der Waals surface area contributed by atoms with E-state index in [2.05, 4.69) is 30.2 Å². The number of nitrogens with one attached hydrogen (secondary N) is 1. The first-order chi connectivity index (χ1) is 11.7. The van der Waals surface area contributed by atoms with Crippen LogP contribution in [0.2, 0.25) is 0 Å². The monoisotopic (exact) mass is 318 g/mol. The van der Waals surface area contributed by atoms with Gasteiger partial charge in [-0.05, 0) is 24.6 Å². The van der Waals surface area contributed by atoms with E-state index in [4.69, 9.17) is 5.73 Å². The van der Waals surface area contributed by atoms with Crippen LogP contribution < -0.4 is 11.1 Å². The number of aromatic nitrogens is 6. The first kappa shape index (κ1) is 14.1. The summed E-state index contributed by atoms with van der Waals surface area (Å²) in [7, 11) is 0. The molecule has 4 rings (SSSR count). The van der Waals surface area contributed by atoms with E-state index in [0.29, 0.717) is 0 Å². The quantitative estimate of drug-likeness (QED) is 0.596. The summed E-state index contributed by atoms with van der Waals surface area (Å²) in [4.78, 5) is 20.8. The normalized spacial score (nSPS) is 10.9. The molecule has 0 aliphatic rings. The van der Waals surface area contributed by atoms with E-state index in [9.17, 15) is 0 Å². The molecule has 0 saturated heterocycles. The van der Waals surface area contributed by atoms with Crippen LogP contribution in [0.15, 0.2) is 49.4 Å². The second-order valence-corrected chi connectivity index (χ2v) is 5.30. The average molecular weight is 318 g/mol. The van der Waals surface area contributed by atoms with Crippen molar-refractivity contribution < 1.29 is 0 Å². The van der Waals surface area contributed by atoms with Gasteiger partial charge in [-0.25, -0.2) is 24.9 Å². The molecule has 0 radical (unpaired) electrons. The molecule has 0 unspecified atom stereocenters. The Bertz CT molecular complexity index is 1010. The lowest BCUT2D eigenvalue weighted by Gasteiger charge is -2.08. The molecule has 0 aliphatic heterocycles. The lowest BCUT2D eigenvalue weighted by molar-refractivity contribution is 1.11. The zero-order valence-corrected chi connectivity index (χ0v) is 12.9. The van der Waals surface area contributed by atoms with E-state index in [1.165, 1.54) is 6.33 Å². The number of hydrogen-bond acceptors (Lipinski definition) is 7. The Kier molecular flexibility index (Phi) is 3.27. The van der Waals surface area contributed by atoms with Crippen LogP contribution in [-0.2, 0) is 0 Å². The molecule has 0 spiro atoms. The molecule has 0 fully saturated rings. The van der Waals surface area contributed by atoms with E-state index in [1.54, 1.807) is 24.8 Å². The molecular weight excluding hydrogens is 304 g/mol. The third-order valence-corrected chi connectivity index (χ3v) is 3.59. The maximum Gasteiger partial charge on any atom is 0.220 e. The average Bonchev–Trinajstić information content (AvgIpc) is 3.01. The molecule has 24 heavy (non-hydrogen) atoms. The number of rotatable bonds is 3. The van der Waals surface area contributed by atoms with Gasteiger partial charge in [0.2, 0.25) is 5.95 Å². The van der Waals surface area contributed by atoms with Gasteiger partial charge in [0.05, 0.1) is 41.4 Å². The minimum atomic E-state index is 0.237. The maximum atomic E-state index is 5.73. The Labute approximate surface area is 137 Å². The summed E-state index contributed by atoms with van der Waals surface area (Å²) in [6.07, 6.45) is 10.3. The van der Waals surface area contributed by atoms with Crippen molar-refractivity contribution in [1.82, 2.24) is 29.3 Å². The number of nitrogens with zero attached hydrogens (tertiary/aromatic N) is 6. The molecule has 0 amide bonds. The van der Waals surface area contributed by atoms with Gasteiger partial charge >= 0.3 is 0 Å². The van der Waals surface area contributed by atoms with Gasteiger partial charge in [0.25, 0.3) is 0 Å². The Morgan fingerprint density at radius 1 is 1.00 bits per heavy atom. The summed E-state index contributed by atoms with van der Waals surface area (Å²) >= 11 is 0. The molecule has 8 nitrogen and oxygen atoms in total. The van der Waals surface area contributed by atoms with Crippen molar-refractivity contribution in [2.45, 2.75) is 6.92 Å². The number of pyridine rings is 1. The third-order valence-electron chi connectivity index (χ3n) is 3.59. The van der Waals surface area contributed by atoms with Crippen LogP contribution in [0.1, 0.15) is 5.56 Å². The van der Waals surface area contributed by atoms with Crippen LogP contribution in [0.3, 0.4) is 0 Å². The molecule has 0 bridgehead atoms. The van der Waals surface area contributed by atoms with Crippen molar-refractivity contribution in [1.29, 1.82) is 0 Å². The van der Waals surface area contributed by atoms with Crippen LogP contribution in [0.25, 0.3) is 17.0 Å². The topological polar surface area (TPSA) is 107 Å². The molecule has 0 aliphatic carbocycles. The van der Waals surface area contributed by atoms with Crippen LogP contribution >= 0.6 is 0 Å². The Morgan fingerprint density at radius 2 is 1.83 bits per heavy atom. The molecule has 118 valence electrons. The fourth-order valence-electron chi connectivity index (χ4n) is 2.48. The van der Waals surface area contributed by atoms with E-state index < -0.39 is 0 Å². The standard InChI is InChI=1S/C16H14N8/c1-10-4-21-16(17)23-15(10)13-7-20-14-3-2-11(8-24(13)14)22-12-5-18-9-19-6-12/h2-9,22H,1H3,(H2,17,21,23). The zero-order valence-electron chi connectivity index (χ0n) is 12.9. The van der Waals surface area contributed by atoms with Crippen LogP contribution in [0.4, 0.5) is 17.3 Å². The van der Waals surface area contributed by atoms with Gasteiger partial charge in [-0.15, -0.1) is 0 Å². The van der Waals surface area contributed by atoms with E-state index >= 15 is 0 Å². The molecule has 0 atom stereocenters. The highest BCUT2D eigenvalue weighted by atomic mass is 15.1. The smallest absolute Gasteiger partial charge is 0.220 e. The number of hydrogen-bond donors (Lipinski definition) is 2. The largest absolute Gasteiger partial charge is 0.368 e. The predicted octanol–water partition coefficient (Wildman–Crippen LogP) is 2.22. The summed E-state index contributed by atoms with van der Waals surface area (Å²) in [5.41, 5.74) is 10.8. The second-order valence-electron chi connectivity index (χ2n) is 5.30. The van der Waals surface area contributed by atoms with Crippen molar-refractivity contribution in [2.75, 3.05) is 11.1 Å². The number of imidazole rings is 1. The molecule has 4 heterocycles. The van der Waals surface area contributed by atoms with Gasteiger partial charge in [0.15, 0.2) is 0 Å². The van der Waals surface area contributed by atoms with Gasteiger partial charge in [-0.2, -0.15) is 0 Å². The van der Waals surface area contributed by atoms with E-state index in [-0.39, 0.29) is 5.95 Å². The highest BCUT2D eigenvalue weighted by Crippen LogP contribution is 2.24. The number of anilines is 3. The lowest BCUT2D eigenvalue weighted by Crippen LogP contribution is -2.00. The highest BCUT2D eigenvalue weighted by molar-refractivity contribution is 5.67. The van der Waals surface area contributed by atoms with Crippen molar-refractivity contribution in [2.24, 2.45) is 0 Å². The molecule has 4 aromatic rings. The van der Waals surface area contributed by atoms with Gasteiger partial charge in [-0.1, -0.05) is 0 Å². The fraction of sp³-hybridized carbons (Fsp3) is 0.0625. The molecule has 0 aromatic carbocycles. The molecular formula is C16H14N8. The predicted molar refractivity (Wildman–Crippen MR) is 90.7 cm³/mol. The Balaban J connectivity index is 1.80. The van der Waals surface area contributed by atoms with Crippen molar-refractivity contribution in [3.05, 3.63) is 55.0 Å². The zero-order chi connectivity index (χ0) is 16.5. The highest BCUT2D eigenvalue weighted by Gasteiger charge is 2.11. The van der Waals surface area contributed by atoms with Gasteiger partial charge in [0, 0.05) is 12.4 Å². The first-order valence-corrected chi connectivity index (χ1v) is 7.29. The Morgan fingerprint density at radius 3 is 2.67 bits per heavy atom. The SMILES string of the molecule is Cc1cnc(N)nc1-c1cnc2ccc(Nc3cncnc3)cn12. The minimum absolute atomic E-state index is 0.237. The Hall–Kier alpha value is -3.55. The fourth-order valence-corrected chi connectivity index (χ4v) is 2.48. The summed E-state index contributed by atoms with van der Waals surface area (Å²) in [5.74, 6) is 0.237. The van der Waals surface area contributed by atoms with Crippen molar-refractivity contribution in [3.8, 4) is 11.4 Å². The van der Waals surface area contributed by atoms with Crippen molar-refractivity contribution in [3.63, 3.8) is 0 Å². The third kappa shape index (κ3) is 2.50. The molecule has 4 aromatic heterocycles. The van der Waals surface area contributed by atoms with Gasteiger partial charge in [-0.3, -0.25) is 4.40 Å². The molecule has 3 N–H and O–H groups in total. The summed E-state index contributed by atoms with van der Waals surface area (Å²) in [5, 5.41) is 3.26. The summed E-state index contributed by atoms with van der Waals surface area (Å²) in [6, 6.07) is 3.87. The van der Waals surface area contributed by atoms with Gasteiger partial charge in [0.1, 0.15) is 12.0 Å². The lowest BCUT2D eigenvalue weighted by atomic mass is 10.2. The molecule has 0 saturated carbocycles. The summed E-state index contributed by atoms with van der Waals surface area (Å²) < 4.78 is 1.96. The number of nitrogen functional groups attached to an aromatic ring is 1. The first-order valence-electron chi connectivity index (χ1n) is 7.29. The molecule has 8 heteroatoms. The number of fused-ring (bicyclic) bond motifs is 1. The van der Waals surface area contributed by atoms with E-state index in [0.717, 1.165) is 34.0 Å².